The first-order chi connectivity index (χ1) is 20.7. The van der Waals surface area contributed by atoms with E-state index in [1.807, 2.05) is 0 Å². The van der Waals surface area contributed by atoms with E-state index in [0.29, 0.717) is 22.3 Å². The second-order valence-corrected chi connectivity index (χ2v) is 12.8. The van der Waals surface area contributed by atoms with Crippen LogP contribution in [0.2, 0.25) is 0 Å². The maximum absolute atomic E-state index is 13.9. The van der Waals surface area contributed by atoms with Crippen molar-refractivity contribution in [3.63, 3.8) is 0 Å². The summed E-state index contributed by atoms with van der Waals surface area (Å²) in [6.45, 7) is 0. The maximum atomic E-state index is 13.9. The van der Waals surface area contributed by atoms with Gasteiger partial charge in [0.05, 0.1) is 24.7 Å². The first kappa shape index (κ1) is 38.7. The molecule has 2 aliphatic carbocycles. The number of nitrogens with two attached hydrogens (primary N) is 2. The Labute approximate surface area is 302 Å². The van der Waals surface area contributed by atoms with Gasteiger partial charge in [-0.3, -0.25) is 0 Å². The molecule has 0 amide bonds. The third-order valence-corrected chi connectivity index (χ3v) is 7.55. The zero-order valence-corrected chi connectivity index (χ0v) is 30.1. The molecule has 236 valence electrons. The average molecular weight is 702 g/mol. The second-order valence-electron chi connectivity index (χ2n) is 9.72. The number of anilines is 2. The Bertz CT molecular complexity index is 1720. The quantitative estimate of drug-likeness (QED) is 0.0983. The van der Waals surface area contributed by atoms with Crippen LogP contribution in [0.25, 0.3) is 22.3 Å². The monoisotopic (exact) mass is 702 g/mol. The summed E-state index contributed by atoms with van der Waals surface area (Å²) < 4.78 is 62.1. The molecule has 6 rings (SSSR count). The number of nitrogens with zero attached hydrogens (tertiary/aromatic N) is 8. The number of hydrogen-bond acceptors (Lipinski definition) is 14. The predicted molar refractivity (Wildman–Crippen MR) is 144 cm³/mol. The SMILES string of the molecule is Nc1ncnc2c1ncn2[C@@H]1C=C(F)[C@H](OCP(=O)([O-])O)C1.Nc1ncnc2c1ncn2[C@@H]1C=C(F)[C@H](OCP(=O)([O-])O)C1.[Na+].[Na+]. The molecule has 0 aliphatic heterocycles. The van der Waals surface area contributed by atoms with Gasteiger partial charge in [0.1, 0.15) is 60.2 Å². The summed E-state index contributed by atoms with van der Waals surface area (Å²) in [7, 11) is -9.19. The molecule has 4 heterocycles. The Balaban J connectivity index is 0.000000240. The van der Waals surface area contributed by atoms with Crippen LogP contribution in [0.1, 0.15) is 24.9 Å². The van der Waals surface area contributed by atoms with Crippen molar-refractivity contribution in [1.82, 2.24) is 39.0 Å². The molecule has 2 unspecified atom stereocenters. The third kappa shape index (κ3) is 9.24. The van der Waals surface area contributed by atoms with E-state index in [4.69, 9.17) is 30.7 Å². The number of rotatable bonds is 8. The standard InChI is InChI=1S/2C11H13FN5O4P.2Na/c2*12-7-1-6(2-8(7)21-5-22(18,19)20)17-4-16-9-10(13)14-3-15-11(9)17;;/h2*1,3-4,6,8H,2,5H2,(H2,13,14,15)(H2,18,19,20);;/q;;2*+1/p-2/t2*6-,8-;;/m11../s1. The molecule has 4 aromatic heterocycles. The number of fused-ring (bicyclic) bond motifs is 2. The van der Waals surface area contributed by atoms with Gasteiger partial charge in [-0.25, -0.2) is 38.7 Å². The molecule has 0 bridgehead atoms. The first-order valence-electron chi connectivity index (χ1n) is 12.6. The van der Waals surface area contributed by atoms with Crippen LogP contribution in [-0.4, -0.2) is 73.7 Å². The maximum Gasteiger partial charge on any atom is 1.00 e. The zero-order valence-electron chi connectivity index (χ0n) is 24.3. The number of hydrogen-bond donors (Lipinski definition) is 4. The van der Waals surface area contributed by atoms with Crippen molar-refractivity contribution in [3.8, 4) is 0 Å². The predicted octanol–water partition coefficient (Wildman–Crippen LogP) is -5.80. The van der Waals surface area contributed by atoms with E-state index in [2.05, 4.69) is 29.9 Å². The Hall–Kier alpha value is -1.74. The second kappa shape index (κ2) is 15.7. The van der Waals surface area contributed by atoms with Crippen LogP contribution < -0.4 is 80.4 Å². The van der Waals surface area contributed by atoms with E-state index >= 15 is 0 Å². The normalized spacial score (nSPS) is 23.3. The van der Waals surface area contributed by atoms with Gasteiger partial charge in [-0.05, 0) is 12.2 Å². The molecule has 0 fully saturated rings. The summed E-state index contributed by atoms with van der Waals surface area (Å²) in [5.74, 6) is -0.789. The van der Waals surface area contributed by atoms with Crippen LogP contribution in [0, 0.1) is 0 Å². The van der Waals surface area contributed by atoms with Gasteiger partial charge in [0.2, 0.25) is 0 Å². The summed E-state index contributed by atoms with van der Waals surface area (Å²) in [5, 5.41) is 0. The molecular formula is C22H24F2N10Na2O8P2. The number of ether oxygens (including phenoxy) is 2. The number of aromatic nitrogens is 8. The van der Waals surface area contributed by atoms with Gasteiger partial charge < -0.3 is 58.8 Å². The van der Waals surface area contributed by atoms with Crippen molar-refractivity contribution in [2.45, 2.75) is 37.1 Å². The molecule has 0 saturated carbocycles. The summed E-state index contributed by atoms with van der Waals surface area (Å²) in [5.41, 5.74) is 13.1. The van der Waals surface area contributed by atoms with Crippen LogP contribution >= 0.6 is 15.2 Å². The Morgan fingerprint density at radius 1 is 0.761 bits per heavy atom. The van der Waals surface area contributed by atoms with Gasteiger partial charge in [-0.1, -0.05) is 0 Å². The van der Waals surface area contributed by atoms with E-state index in [1.54, 1.807) is 9.13 Å². The van der Waals surface area contributed by atoms with Crippen LogP contribution in [0.4, 0.5) is 20.4 Å². The van der Waals surface area contributed by atoms with Gasteiger partial charge in [0.15, 0.2) is 38.1 Å². The molecule has 6 atom stereocenters. The Kier molecular flexibility index (Phi) is 13.2. The summed E-state index contributed by atoms with van der Waals surface area (Å²) in [6, 6.07) is -0.900. The fourth-order valence-corrected chi connectivity index (χ4v) is 5.40. The van der Waals surface area contributed by atoms with Gasteiger partial charge in [-0.2, -0.15) is 0 Å². The van der Waals surface area contributed by atoms with Crippen LogP contribution in [0.3, 0.4) is 0 Å². The molecule has 18 nitrogen and oxygen atoms in total. The summed E-state index contributed by atoms with van der Waals surface area (Å²) >= 11 is 0. The topological polar surface area (TPSA) is 278 Å². The van der Waals surface area contributed by atoms with Crippen molar-refractivity contribution < 1.29 is 106 Å². The van der Waals surface area contributed by atoms with Crippen molar-refractivity contribution in [1.29, 1.82) is 0 Å². The van der Waals surface area contributed by atoms with Crippen molar-refractivity contribution in [3.05, 3.63) is 49.1 Å². The minimum Gasteiger partial charge on any atom is -0.777 e. The molecule has 0 radical (unpaired) electrons. The molecular weight excluding hydrogens is 678 g/mol. The molecule has 6 N–H and O–H groups in total. The van der Waals surface area contributed by atoms with Gasteiger partial charge >= 0.3 is 59.1 Å². The van der Waals surface area contributed by atoms with E-state index < -0.39 is 63.8 Å². The van der Waals surface area contributed by atoms with Crippen molar-refractivity contribution in [2.24, 2.45) is 0 Å². The smallest absolute Gasteiger partial charge is 0.777 e. The molecule has 24 heteroatoms. The zero-order chi connectivity index (χ0) is 31.8. The molecule has 4 aromatic rings. The number of imidazole rings is 2. The molecule has 0 aromatic carbocycles. The largest absolute Gasteiger partial charge is 1.00 e. The average Bonchev–Trinajstić information content (AvgIpc) is 3.71. The van der Waals surface area contributed by atoms with E-state index in [1.165, 1.54) is 37.5 Å². The van der Waals surface area contributed by atoms with Crippen LogP contribution in [-0.2, 0) is 18.6 Å². The molecule has 2 aliphatic rings. The summed E-state index contributed by atoms with van der Waals surface area (Å²) in [4.78, 5) is 62.7. The minimum absolute atomic E-state index is 0. The van der Waals surface area contributed by atoms with Crippen LogP contribution in [0.15, 0.2) is 49.1 Å². The van der Waals surface area contributed by atoms with Gasteiger partial charge in [0, 0.05) is 12.8 Å². The first-order valence-corrected chi connectivity index (χ1v) is 16.1. The third-order valence-electron chi connectivity index (χ3n) is 6.60. The van der Waals surface area contributed by atoms with E-state index in [-0.39, 0.29) is 83.6 Å². The molecule has 46 heavy (non-hydrogen) atoms. The summed E-state index contributed by atoms with van der Waals surface area (Å²) in [6.07, 6.45) is 4.38. The fraction of sp³-hybridized carbons (Fsp3) is 0.364. The van der Waals surface area contributed by atoms with Gasteiger partial charge in [0.25, 0.3) is 0 Å². The van der Waals surface area contributed by atoms with Crippen molar-refractivity contribution >= 4 is 49.2 Å². The van der Waals surface area contributed by atoms with Gasteiger partial charge in [-0.15, -0.1) is 0 Å². The fourth-order valence-electron chi connectivity index (χ4n) is 4.66. The van der Waals surface area contributed by atoms with E-state index in [9.17, 15) is 27.7 Å². The van der Waals surface area contributed by atoms with Crippen LogP contribution in [0.5, 0.6) is 0 Å². The molecule has 0 spiro atoms. The number of nitrogen functional groups attached to an aromatic ring is 2. The number of halogens is 2. The minimum atomic E-state index is -4.59. The van der Waals surface area contributed by atoms with Crippen molar-refractivity contribution in [2.75, 3.05) is 24.2 Å². The number of allylic oxidation sites excluding steroid dienone is 2. The van der Waals surface area contributed by atoms with E-state index in [0.717, 1.165) is 0 Å². The Morgan fingerprint density at radius 3 is 1.48 bits per heavy atom. The molecule has 0 saturated heterocycles. The Morgan fingerprint density at radius 2 is 1.13 bits per heavy atom.